The first-order valence-electron chi connectivity index (χ1n) is 6.14. The summed E-state index contributed by atoms with van der Waals surface area (Å²) in [6.07, 6.45) is 4.59. The minimum Gasteiger partial charge on any atom is -0.396 e. The molecule has 1 heterocycles. The molecule has 4 nitrogen and oxygen atoms in total. The topological polar surface area (TPSA) is 50.1 Å². The van der Waals surface area contributed by atoms with Crippen molar-refractivity contribution in [2.45, 2.75) is 19.4 Å². The van der Waals surface area contributed by atoms with Crippen molar-refractivity contribution in [3.8, 4) is 0 Å². The molecule has 2 N–H and O–H groups in total. The summed E-state index contributed by atoms with van der Waals surface area (Å²) in [4.78, 5) is 0. The third kappa shape index (κ3) is 3.11. The van der Waals surface area contributed by atoms with Gasteiger partial charge in [0.1, 0.15) is 0 Å². The normalized spacial score (nSPS) is 12.4. The van der Waals surface area contributed by atoms with E-state index >= 15 is 0 Å². The van der Waals surface area contributed by atoms with E-state index in [9.17, 15) is 0 Å². The molecule has 2 rings (SSSR count). The van der Waals surface area contributed by atoms with Crippen LogP contribution in [0.1, 0.15) is 24.1 Å². The fraction of sp³-hybridized carbons (Fsp3) is 0.357. The van der Waals surface area contributed by atoms with Crippen molar-refractivity contribution in [3.05, 3.63) is 47.8 Å². The smallest absolute Gasteiger partial charge is 0.0542 e. The maximum atomic E-state index is 8.86. The number of hydrogen-bond acceptors (Lipinski definition) is 3. The average Bonchev–Trinajstić information content (AvgIpc) is 2.79. The van der Waals surface area contributed by atoms with Gasteiger partial charge < -0.3 is 10.4 Å². The molecule has 0 aliphatic carbocycles. The molecule has 0 saturated carbocycles. The summed E-state index contributed by atoms with van der Waals surface area (Å²) in [6.45, 7) is 2.30. The van der Waals surface area contributed by atoms with Crippen molar-refractivity contribution in [1.82, 2.24) is 9.78 Å². The number of aromatic nitrogens is 2. The third-order valence-corrected chi connectivity index (χ3v) is 2.96. The lowest BCUT2D eigenvalue weighted by atomic mass is 10.1. The summed E-state index contributed by atoms with van der Waals surface area (Å²) < 4.78 is 1.80. The molecular weight excluding hydrogens is 226 g/mol. The lowest BCUT2D eigenvalue weighted by molar-refractivity contribution is 0.299. The van der Waals surface area contributed by atoms with Crippen LogP contribution >= 0.6 is 0 Å². The molecule has 1 aromatic heterocycles. The van der Waals surface area contributed by atoms with Gasteiger partial charge in [0, 0.05) is 31.1 Å². The van der Waals surface area contributed by atoms with Gasteiger partial charge >= 0.3 is 0 Å². The monoisotopic (exact) mass is 245 g/mol. The zero-order chi connectivity index (χ0) is 13.0. The number of benzene rings is 1. The average molecular weight is 245 g/mol. The Morgan fingerprint density at radius 3 is 2.61 bits per heavy atom. The maximum Gasteiger partial charge on any atom is 0.0542 e. The summed E-state index contributed by atoms with van der Waals surface area (Å²) in [6, 6.07) is 8.38. The molecule has 18 heavy (non-hydrogen) atoms. The molecule has 0 amide bonds. The molecule has 0 fully saturated rings. The number of nitrogens with zero attached hydrogens (tertiary/aromatic N) is 2. The molecule has 0 bridgehead atoms. The number of aryl methyl sites for hydroxylation is 1. The van der Waals surface area contributed by atoms with Gasteiger partial charge in [-0.05, 0) is 31.0 Å². The van der Waals surface area contributed by atoms with Crippen molar-refractivity contribution in [2.75, 3.05) is 11.9 Å². The lowest BCUT2D eigenvalue weighted by Gasteiger charge is -2.13. The molecule has 4 heteroatoms. The molecule has 2 aromatic rings. The largest absolute Gasteiger partial charge is 0.396 e. The van der Waals surface area contributed by atoms with E-state index in [4.69, 9.17) is 5.11 Å². The van der Waals surface area contributed by atoms with Crippen LogP contribution < -0.4 is 5.32 Å². The summed E-state index contributed by atoms with van der Waals surface area (Å²) in [5.74, 6) is 0. The second-order valence-electron chi connectivity index (χ2n) is 4.48. The summed E-state index contributed by atoms with van der Waals surface area (Å²) >= 11 is 0. The number of rotatable bonds is 5. The van der Waals surface area contributed by atoms with Crippen molar-refractivity contribution >= 4 is 5.69 Å². The van der Waals surface area contributed by atoms with Gasteiger partial charge in [-0.25, -0.2) is 0 Å². The first kappa shape index (κ1) is 12.6. The molecule has 0 aliphatic heterocycles. The Labute approximate surface area is 107 Å². The summed E-state index contributed by atoms with van der Waals surface area (Å²) in [5, 5.41) is 16.5. The Morgan fingerprint density at radius 1 is 1.33 bits per heavy atom. The van der Waals surface area contributed by atoms with Crippen LogP contribution in [-0.2, 0) is 13.5 Å². The van der Waals surface area contributed by atoms with Crippen molar-refractivity contribution in [2.24, 2.45) is 7.05 Å². The number of anilines is 1. The molecule has 0 saturated heterocycles. The highest BCUT2D eigenvalue weighted by Gasteiger charge is 2.06. The van der Waals surface area contributed by atoms with Crippen LogP contribution in [0.3, 0.4) is 0 Å². The quantitative estimate of drug-likeness (QED) is 0.848. The van der Waals surface area contributed by atoms with E-state index in [-0.39, 0.29) is 12.6 Å². The van der Waals surface area contributed by atoms with Gasteiger partial charge in [0.25, 0.3) is 0 Å². The highest BCUT2D eigenvalue weighted by molar-refractivity contribution is 5.46. The Kier molecular flexibility index (Phi) is 3.99. The van der Waals surface area contributed by atoms with Crippen LogP contribution in [0.4, 0.5) is 5.69 Å². The predicted octanol–water partition coefficient (Wildman–Crippen LogP) is 2.13. The number of aliphatic hydroxyl groups excluding tert-OH is 1. The highest BCUT2D eigenvalue weighted by atomic mass is 16.2. The molecule has 0 radical (unpaired) electrons. The zero-order valence-electron chi connectivity index (χ0n) is 10.8. The molecule has 0 spiro atoms. The van der Waals surface area contributed by atoms with Gasteiger partial charge in [-0.3, -0.25) is 4.68 Å². The summed E-state index contributed by atoms with van der Waals surface area (Å²) in [7, 11) is 1.92. The fourth-order valence-corrected chi connectivity index (χ4v) is 1.89. The van der Waals surface area contributed by atoms with E-state index in [1.54, 1.807) is 4.68 Å². The van der Waals surface area contributed by atoms with Crippen LogP contribution in [0.5, 0.6) is 0 Å². The number of aliphatic hydroxyl groups is 1. The van der Waals surface area contributed by atoms with Gasteiger partial charge in [-0.1, -0.05) is 12.1 Å². The SMILES string of the molecule is CC(Nc1ccc(CCO)cc1)c1cnn(C)c1. The first-order valence-corrected chi connectivity index (χ1v) is 6.14. The van der Waals surface area contributed by atoms with E-state index < -0.39 is 0 Å². The van der Waals surface area contributed by atoms with Crippen molar-refractivity contribution < 1.29 is 5.11 Å². The van der Waals surface area contributed by atoms with Gasteiger partial charge in [-0.2, -0.15) is 5.10 Å². The van der Waals surface area contributed by atoms with Crippen LogP contribution in [-0.4, -0.2) is 21.5 Å². The van der Waals surface area contributed by atoms with Crippen LogP contribution in [0.2, 0.25) is 0 Å². The third-order valence-electron chi connectivity index (χ3n) is 2.96. The summed E-state index contributed by atoms with van der Waals surface area (Å²) in [5.41, 5.74) is 3.39. The second kappa shape index (κ2) is 5.69. The predicted molar refractivity (Wildman–Crippen MR) is 72.5 cm³/mol. The highest BCUT2D eigenvalue weighted by Crippen LogP contribution is 2.19. The van der Waals surface area contributed by atoms with Gasteiger partial charge in [0.2, 0.25) is 0 Å². The molecule has 1 atom stereocenters. The van der Waals surface area contributed by atoms with E-state index in [0.29, 0.717) is 6.42 Å². The Bertz CT molecular complexity index is 490. The lowest BCUT2D eigenvalue weighted by Crippen LogP contribution is -2.05. The molecule has 0 aliphatic rings. The van der Waals surface area contributed by atoms with Gasteiger partial charge in [0.15, 0.2) is 0 Å². The number of hydrogen-bond donors (Lipinski definition) is 2. The fourth-order valence-electron chi connectivity index (χ4n) is 1.89. The Hall–Kier alpha value is -1.81. The van der Waals surface area contributed by atoms with Crippen LogP contribution in [0, 0.1) is 0 Å². The maximum absolute atomic E-state index is 8.86. The van der Waals surface area contributed by atoms with Crippen molar-refractivity contribution in [3.63, 3.8) is 0 Å². The molecular formula is C14H19N3O. The van der Waals surface area contributed by atoms with E-state index in [1.807, 2.05) is 43.7 Å². The minimum absolute atomic E-state index is 0.193. The van der Waals surface area contributed by atoms with Crippen LogP contribution in [0.15, 0.2) is 36.7 Å². The minimum atomic E-state index is 0.193. The molecule has 1 aromatic carbocycles. The van der Waals surface area contributed by atoms with E-state index in [1.165, 1.54) is 0 Å². The van der Waals surface area contributed by atoms with E-state index in [0.717, 1.165) is 16.8 Å². The number of nitrogens with one attached hydrogen (secondary N) is 1. The Balaban J connectivity index is 2.00. The zero-order valence-corrected chi connectivity index (χ0v) is 10.8. The van der Waals surface area contributed by atoms with Crippen molar-refractivity contribution in [1.29, 1.82) is 0 Å². The standard InChI is InChI=1S/C14H19N3O/c1-11(13-9-15-17(2)10-13)16-14-5-3-12(4-6-14)7-8-18/h3-6,9-11,16,18H,7-8H2,1-2H3. The molecule has 1 unspecified atom stereocenters. The Morgan fingerprint density at radius 2 is 2.06 bits per heavy atom. The van der Waals surface area contributed by atoms with Gasteiger partial charge in [0.05, 0.1) is 12.2 Å². The second-order valence-corrected chi connectivity index (χ2v) is 4.48. The van der Waals surface area contributed by atoms with Crippen LogP contribution in [0.25, 0.3) is 0 Å². The molecule has 96 valence electrons. The van der Waals surface area contributed by atoms with Gasteiger partial charge in [-0.15, -0.1) is 0 Å². The van der Waals surface area contributed by atoms with E-state index in [2.05, 4.69) is 17.3 Å². The first-order chi connectivity index (χ1) is 8.69.